The Labute approximate surface area is 116 Å². The van der Waals surface area contributed by atoms with Crippen molar-refractivity contribution < 1.29 is 9.53 Å². The smallest absolute Gasteiger partial charge is 0.258 e. The Bertz CT molecular complexity index is 568. The fourth-order valence-corrected chi connectivity index (χ4v) is 2.20. The Morgan fingerprint density at radius 2 is 2.21 bits per heavy atom. The van der Waals surface area contributed by atoms with Crippen LogP contribution < -0.4 is 10.1 Å². The molecule has 6 heteroatoms. The van der Waals surface area contributed by atoms with E-state index in [0.717, 1.165) is 10.2 Å². The van der Waals surface area contributed by atoms with E-state index in [1.165, 1.54) is 17.7 Å². The van der Waals surface area contributed by atoms with Gasteiger partial charge in [-0.3, -0.25) is 4.79 Å². The highest BCUT2D eigenvalue weighted by Gasteiger charge is 2.12. The van der Waals surface area contributed by atoms with Crippen LogP contribution in [0.1, 0.15) is 20.8 Å². The highest BCUT2D eigenvalue weighted by molar-refractivity contribution is 7.16. The minimum Gasteiger partial charge on any atom is -0.467 e. The quantitative estimate of drug-likeness (QED) is 0.911. The van der Waals surface area contributed by atoms with E-state index < -0.39 is 0 Å². The first-order valence-electron chi connectivity index (χ1n) is 6.18. The second kappa shape index (κ2) is 5.97. The van der Waals surface area contributed by atoms with Crippen molar-refractivity contribution in [1.29, 1.82) is 0 Å². The molecule has 0 unspecified atom stereocenters. The molecule has 5 nitrogen and oxygen atoms in total. The first kappa shape index (κ1) is 13.7. The molecule has 0 saturated carbocycles. The zero-order valence-electron chi connectivity index (χ0n) is 11.2. The van der Waals surface area contributed by atoms with Crippen LogP contribution >= 0.6 is 11.3 Å². The minimum absolute atomic E-state index is 0.0288. The van der Waals surface area contributed by atoms with Crippen molar-refractivity contribution in [3.8, 4) is 5.88 Å². The molecule has 19 heavy (non-hydrogen) atoms. The standard InChI is InChI=1S/C13H17N3O2S/c1-8(2)9(3)16-11(17)6-18-12-10-4-5-19-13(10)15-7-14-12/h4-5,7-9H,6H2,1-3H3,(H,16,17)/t9-/m0/s1. The van der Waals surface area contributed by atoms with E-state index in [-0.39, 0.29) is 18.6 Å². The molecule has 0 bridgehead atoms. The van der Waals surface area contributed by atoms with Crippen LogP contribution in [0.25, 0.3) is 10.2 Å². The number of hydrogen-bond donors (Lipinski definition) is 1. The SMILES string of the molecule is CC(C)[C@H](C)NC(=O)COc1ncnc2sccc12. The Hall–Kier alpha value is -1.69. The number of thiophene rings is 1. The molecule has 0 radical (unpaired) electrons. The third kappa shape index (κ3) is 3.41. The molecule has 0 saturated heterocycles. The fraction of sp³-hybridized carbons (Fsp3) is 0.462. The molecular formula is C13H17N3O2S. The monoisotopic (exact) mass is 279 g/mol. The molecule has 0 fully saturated rings. The van der Waals surface area contributed by atoms with E-state index in [2.05, 4.69) is 29.1 Å². The van der Waals surface area contributed by atoms with Gasteiger partial charge in [0.05, 0.1) is 5.39 Å². The predicted molar refractivity (Wildman–Crippen MR) is 75.4 cm³/mol. The lowest BCUT2D eigenvalue weighted by Gasteiger charge is -2.17. The van der Waals surface area contributed by atoms with Crippen LogP contribution in [0.15, 0.2) is 17.8 Å². The largest absolute Gasteiger partial charge is 0.467 e. The molecule has 0 aliphatic rings. The molecule has 102 valence electrons. The molecule has 1 atom stereocenters. The lowest BCUT2D eigenvalue weighted by atomic mass is 10.1. The maximum absolute atomic E-state index is 11.7. The van der Waals surface area contributed by atoms with Crippen molar-refractivity contribution in [3.05, 3.63) is 17.8 Å². The van der Waals surface area contributed by atoms with E-state index in [1.54, 1.807) is 0 Å². The number of ether oxygens (including phenoxy) is 1. The minimum atomic E-state index is -0.136. The van der Waals surface area contributed by atoms with E-state index >= 15 is 0 Å². The van der Waals surface area contributed by atoms with Crippen molar-refractivity contribution in [1.82, 2.24) is 15.3 Å². The molecule has 0 spiro atoms. The molecule has 2 rings (SSSR count). The molecule has 0 aromatic carbocycles. The van der Waals surface area contributed by atoms with Crippen molar-refractivity contribution >= 4 is 27.5 Å². The summed E-state index contributed by atoms with van der Waals surface area (Å²) >= 11 is 1.52. The van der Waals surface area contributed by atoms with E-state index in [9.17, 15) is 4.79 Å². The number of nitrogens with one attached hydrogen (secondary N) is 1. The van der Waals surface area contributed by atoms with Crippen LogP contribution in [0.2, 0.25) is 0 Å². The third-order valence-electron chi connectivity index (χ3n) is 2.95. The summed E-state index contributed by atoms with van der Waals surface area (Å²) in [5.74, 6) is 0.716. The van der Waals surface area contributed by atoms with Gasteiger partial charge in [-0.1, -0.05) is 13.8 Å². The van der Waals surface area contributed by atoms with E-state index in [4.69, 9.17) is 4.74 Å². The van der Waals surface area contributed by atoms with Gasteiger partial charge in [0.25, 0.3) is 5.91 Å². The summed E-state index contributed by atoms with van der Waals surface area (Å²) in [5.41, 5.74) is 0. The number of nitrogens with zero attached hydrogens (tertiary/aromatic N) is 2. The fourth-order valence-electron chi connectivity index (χ4n) is 1.48. The van der Waals surface area contributed by atoms with Gasteiger partial charge in [0.15, 0.2) is 6.61 Å². The summed E-state index contributed by atoms with van der Waals surface area (Å²) in [6.45, 7) is 6.07. The second-order valence-corrected chi connectivity index (χ2v) is 5.60. The maximum atomic E-state index is 11.7. The first-order chi connectivity index (χ1) is 9.08. The molecule has 1 N–H and O–H groups in total. The highest BCUT2D eigenvalue weighted by atomic mass is 32.1. The number of fused-ring (bicyclic) bond motifs is 1. The normalized spacial score (nSPS) is 12.6. The molecule has 2 heterocycles. The Morgan fingerprint density at radius 3 is 2.95 bits per heavy atom. The number of carbonyl (C=O) groups is 1. The topological polar surface area (TPSA) is 64.1 Å². The van der Waals surface area contributed by atoms with Crippen LogP contribution in [-0.4, -0.2) is 28.5 Å². The van der Waals surface area contributed by atoms with Gasteiger partial charge in [-0.05, 0) is 24.3 Å². The van der Waals surface area contributed by atoms with Crippen molar-refractivity contribution in [2.45, 2.75) is 26.8 Å². The summed E-state index contributed by atoms with van der Waals surface area (Å²) in [6.07, 6.45) is 1.45. The lowest BCUT2D eigenvalue weighted by molar-refractivity contribution is -0.124. The third-order valence-corrected chi connectivity index (χ3v) is 3.77. The number of hydrogen-bond acceptors (Lipinski definition) is 5. The Balaban J connectivity index is 1.95. The predicted octanol–water partition coefficient (Wildman–Crippen LogP) is 2.23. The van der Waals surface area contributed by atoms with Gasteiger partial charge < -0.3 is 10.1 Å². The van der Waals surface area contributed by atoms with Gasteiger partial charge in [-0.2, -0.15) is 0 Å². The van der Waals surface area contributed by atoms with E-state index in [1.807, 2.05) is 18.4 Å². The van der Waals surface area contributed by atoms with Gasteiger partial charge in [0.2, 0.25) is 5.88 Å². The number of aromatic nitrogens is 2. The molecule has 2 aromatic rings. The van der Waals surface area contributed by atoms with Crippen LogP contribution in [0.5, 0.6) is 5.88 Å². The van der Waals surface area contributed by atoms with Crippen molar-refractivity contribution in [2.75, 3.05) is 6.61 Å². The zero-order chi connectivity index (χ0) is 13.8. The Morgan fingerprint density at radius 1 is 1.42 bits per heavy atom. The van der Waals surface area contributed by atoms with Crippen LogP contribution in [-0.2, 0) is 4.79 Å². The van der Waals surface area contributed by atoms with Crippen LogP contribution in [0, 0.1) is 5.92 Å². The maximum Gasteiger partial charge on any atom is 0.258 e. The molecule has 1 amide bonds. The summed E-state index contributed by atoms with van der Waals surface area (Å²) in [7, 11) is 0. The zero-order valence-corrected chi connectivity index (χ0v) is 12.0. The lowest BCUT2D eigenvalue weighted by Crippen LogP contribution is -2.39. The van der Waals surface area contributed by atoms with Gasteiger partial charge >= 0.3 is 0 Å². The molecule has 0 aliphatic carbocycles. The average Bonchev–Trinajstić information content (AvgIpc) is 2.84. The van der Waals surface area contributed by atoms with Crippen molar-refractivity contribution in [2.24, 2.45) is 5.92 Å². The number of carbonyl (C=O) groups excluding carboxylic acids is 1. The number of rotatable bonds is 5. The van der Waals surface area contributed by atoms with Gasteiger partial charge in [0, 0.05) is 6.04 Å². The van der Waals surface area contributed by atoms with Gasteiger partial charge in [-0.25, -0.2) is 9.97 Å². The van der Waals surface area contributed by atoms with Gasteiger partial charge in [0.1, 0.15) is 11.2 Å². The van der Waals surface area contributed by atoms with Crippen molar-refractivity contribution in [3.63, 3.8) is 0 Å². The van der Waals surface area contributed by atoms with Crippen LogP contribution in [0.4, 0.5) is 0 Å². The highest BCUT2D eigenvalue weighted by Crippen LogP contribution is 2.25. The van der Waals surface area contributed by atoms with Crippen LogP contribution in [0.3, 0.4) is 0 Å². The second-order valence-electron chi connectivity index (χ2n) is 4.71. The molecule has 0 aliphatic heterocycles. The Kier molecular flexibility index (Phi) is 4.31. The summed E-state index contributed by atoms with van der Waals surface area (Å²) in [6, 6.07) is 2.02. The first-order valence-corrected chi connectivity index (χ1v) is 7.06. The number of amides is 1. The summed E-state index contributed by atoms with van der Waals surface area (Å²) < 4.78 is 5.46. The molecular weight excluding hydrogens is 262 g/mol. The molecule has 2 aromatic heterocycles. The van der Waals surface area contributed by atoms with Gasteiger partial charge in [-0.15, -0.1) is 11.3 Å². The average molecular weight is 279 g/mol. The van der Waals surface area contributed by atoms with E-state index in [0.29, 0.717) is 11.8 Å². The summed E-state index contributed by atoms with van der Waals surface area (Å²) in [4.78, 5) is 20.8. The summed E-state index contributed by atoms with van der Waals surface area (Å²) in [5, 5.41) is 5.66.